The van der Waals surface area contributed by atoms with Crippen LogP contribution in [0, 0.1) is 6.92 Å². The molecule has 0 bridgehead atoms. The second kappa shape index (κ2) is 6.02. The standard InChI is InChI=1S/C31H27N2/c1-18-10-13-23-21-8-6-7-9-25(21)33-26-16-19-11-12-20(31(2,3)4)17-24(19)22-14-15-32(5)30(28(22)26)27(18)29(23)33/h6-17H,1-5H3/q+1. The summed E-state index contributed by atoms with van der Waals surface area (Å²) in [5.74, 6) is 0. The Morgan fingerprint density at radius 1 is 0.727 bits per heavy atom. The maximum atomic E-state index is 2.51. The number of hydrogen-bond donors (Lipinski definition) is 0. The van der Waals surface area contributed by atoms with Gasteiger partial charge in [0, 0.05) is 22.2 Å². The summed E-state index contributed by atoms with van der Waals surface area (Å²) in [6, 6.07) is 25.2. The smallest absolute Gasteiger partial charge is 0.224 e. The van der Waals surface area contributed by atoms with Gasteiger partial charge in [0.25, 0.3) is 0 Å². The lowest BCUT2D eigenvalue weighted by atomic mass is 9.85. The molecule has 0 unspecified atom stereocenters. The number of para-hydroxylation sites is 1. The number of fused-ring (bicyclic) bond motifs is 7. The number of benzene rings is 4. The summed E-state index contributed by atoms with van der Waals surface area (Å²) < 4.78 is 4.83. The third kappa shape index (κ3) is 2.31. The van der Waals surface area contributed by atoms with Crippen molar-refractivity contribution < 1.29 is 4.57 Å². The summed E-state index contributed by atoms with van der Waals surface area (Å²) in [7, 11) is 2.19. The lowest BCUT2D eigenvalue weighted by molar-refractivity contribution is -0.643. The molecule has 2 heteroatoms. The number of nitrogens with zero attached hydrogens (tertiary/aromatic N) is 2. The van der Waals surface area contributed by atoms with E-state index < -0.39 is 0 Å². The second-order valence-corrected chi connectivity index (χ2v) is 10.7. The van der Waals surface area contributed by atoms with Crippen molar-refractivity contribution in [3.8, 4) is 0 Å². The number of aromatic nitrogens is 2. The van der Waals surface area contributed by atoms with Crippen LogP contribution in [0.2, 0.25) is 0 Å². The molecule has 7 rings (SSSR count). The van der Waals surface area contributed by atoms with Crippen LogP contribution >= 0.6 is 0 Å². The van der Waals surface area contributed by atoms with Gasteiger partial charge < -0.3 is 4.40 Å². The number of aryl methyl sites for hydroxylation is 2. The minimum absolute atomic E-state index is 0.116. The monoisotopic (exact) mass is 427 g/mol. The quantitative estimate of drug-likeness (QED) is 0.134. The molecule has 0 saturated heterocycles. The predicted molar refractivity (Wildman–Crippen MR) is 141 cm³/mol. The van der Waals surface area contributed by atoms with Crippen molar-refractivity contribution in [3.63, 3.8) is 0 Å². The molecular formula is C31H27N2+. The minimum atomic E-state index is 0.116. The van der Waals surface area contributed by atoms with Crippen LogP contribution in [-0.4, -0.2) is 4.40 Å². The van der Waals surface area contributed by atoms with Gasteiger partial charge >= 0.3 is 0 Å². The largest absolute Gasteiger partial charge is 0.307 e. The van der Waals surface area contributed by atoms with Crippen LogP contribution in [0.4, 0.5) is 0 Å². The molecule has 0 amide bonds. The SMILES string of the molecule is Cc1ccc2c3ccccc3n3c4cc5ccc(C(C)(C)C)cc5c5cc[n+](C)c(c1c23)c54. The maximum Gasteiger partial charge on any atom is 0.224 e. The van der Waals surface area contributed by atoms with E-state index in [2.05, 4.69) is 117 Å². The number of rotatable bonds is 0. The molecule has 0 fully saturated rings. The molecule has 0 aliphatic heterocycles. The van der Waals surface area contributed by atoms with Crippen molar-refractivity contribution in [2.45, 2.75) is 33.1 Å². The molecule has 0 atom stereocenters. The fraction of sp³-hybridized carbons (Fsp3) is 0.194. The van der Waals surface area contributed by atoms with Crippen molar-refractivity contribution in [2.75, 3.05) is 0 Å². The fourth-order valence-corrected chi connectivity index (χ4v) is 5.92. The van der Waals surface area contributed by atoms with Crippen LogP contribution in [0.15, 0.2) is 72.9 Å². The zero-order valence-corrected chi connectivity index (χ0v) is 19.8. The van der Waals surface area contributed by atoms with Crippen molar-refractivity contribution in [2.24, 2.45) is 7.05 Å². The summed E-state index contributed by atoms with van der Waals surface area (Å²) in [6.45, 7) is 9.13. The highest BCUT2D eigenvalue weighted by Gasteiger charge is 2.25. The molecule has 0 radical (unpaired) electrons. The Bertz CT molecular complexity index is 1910. The molecule has 0 aliphatic carbocycles. The Morgan fingerprint density at radius 2 is 1.55 bits per heavy atom. The van der Waals surface area contributed by atoms with Gasteiger partial charge in [-0.1, -0.05) is 63.2 Å². The van der Waals surface area contributed by atoms with Gasteiger partial charge in [0.05, 0.1) is 27.3 Å². The molecule has 0 spiro atoms. The summed E-state index contributed by atoms with van der Waals surface area (Å²) >= 11 is 0. The molecule has 0 N–H and O–H groups in total. The van der Waals surface area contributed by atoms with Crippen molar-refractivity contribution in [3.05, 3.63) is 84.1 Å². The van der Waals surface area contributed by atoms with E-state index in [1.54, 1.807) is 0 Å². The zero-order chi connectivity index (χ0) is 22.6. The fourth-order valence-electron chi connectivity index (χ4n) is 5.92. The van der Waals surface area contributed by atoms with Crippen LogP contribution in [0.25, 0.3) is 59.8 Å². The Hall–Kier alpha value is -3.65. The van der Waals surface area contributed by atoms with Crippen LogP contribution < -0.4 is 4.57 Å². The Labute approximate surface area is 193 Å². The molecule has 0 saturated carbocycles. The predicted octanol–water partition coefficient (Wildman–Crippen LogP) is 7.57. The molecule has 3 aromatic heterocycles. The lowest BCUT2D eigenvalue weighted by Gasteiger charge is -2.20. The van der Waals surface area contributed by atoms with E-state index in [1.165, 1.54) is 70.9 Å². The van der Waals surface area contributed by atoms with Crippen LogP contribution in [0.1, 0.15) is 31.9 Å². The van der Waals surface area contributed by atoms with Crippen molar-refractivity contribution in [1.82, 2.24) is 4.40 Å². The molecule has 4 aromatic carbocycles. The van der Waals surface area contributed by atoms with Crippen LogP contribution in [0.5, 0.6) is 0 Å². The van der Waals surface area contributed by atoms with E-state index in [0.29, 0.717) is 0 Å². The van der Waals surface area contributed by atoms with Gasteiger partial charge in [-0.25, -0.2) is 4.57 Å². The first-order chi connectivity index (χ1) is 15.8. The third-order valence-corrected chi connectivity index (χ3v) is 7.60. The van der Waals surface area contributed by atoms with Gasteiger partial charge in [0.15, 0.2) is 6.20 Å². The Kier molecular flexibility index (Phi) is 3.44. The highest BCUT2D eigenvalue weighted by Crippen LogP contribution is 2.42. The summed E-state index contributed by atoms with van der Waals surface area (Å²) in [5.41, 5.74) is 8.04. The lowest BCUT2D eigenvalue weighted by Crippen LogP contribution is -2.29. The number of pyridine rings is 2. The highest BCUT2D eigenvalue weighted by molar-refractivity contribution is 6.29. The molecule has 2 nitrogen and oxygen atoms in total. The highest BCUT2D eigenvalue weighted by atomic mass is 15.0. The van der Waals surface area contributed by atoms with Gasteiger partial charge in [-0.05, 0) is 52.4 Å². The number of hydrogen-bond acceptors (Lipinski definition) is 0. The van der Waals surface area contributed by atoms with Crippen LogP contribution in [-0.2, 0) is 12.5 Å². The molecule has 7 aromatic rings. The summed E-state index contributed by atoms with van der Waals surface area (Å²) in [4.78, 5) is 0. The van der Waals surface area contributed by atoms with E-state index >= 15 is 0 Å². The molecule has 3 heterocycles. The van der Waals surface area contributed by atoms with Gasteiger partial charge in [0.1, 0.15) is 7.05 Å². The van der Waals surface area contributed by atoms with E-state index in [4.69, 9.17) is 0 Å². The topological polar surface area (TPSA) is 8.29 Å². The minimum Gasteiger partial charge on any atom is -0.307 e. The van der Waals surface area contributed by atoms with E-state index in [0.717, 1.165) is 0 Å². The van der Waals surface area contributed by atoms with Gasteiger partial charge in [-0.15, -0.1) is 0 Å². The molecule has 33 heavy (non-hydrogen) atoms. The molecule has 0 aliphatic rings. The van der Waals surface area contributed by atoms with E-state index in [1.807, 2.05) is 0 Å². The van der Waals surface area contributed by atoms with Crippen molar-refractivity contribution in [1.29, 1.82) is 0 Å². The van der Waals surface area contributed by atoms with Crippen molar-refractivity contribution >= 4 is 59.8 Å². The van der Waals surface area contributed by atoms with Crippen LogP contribution in [0.3, 0.4) is 0 Å². The first-order valence-corrected chi connectivity index (χ1v) is 11.8. The second-order valence-electron chi connectivity index (χ2n) is 10.7. The Morgan fingerprint density at radius 3 is 2.36 bits per heavy atom. The Balaban J connectivity index is 1.87. The maximum absolute atomic E-state index is 2.51. The first kappa shape index (κ1) is 18.9. The average Bonchev–Trinajstić information content (AvgIpc) is 3.13. The zero-order valence-electron chi connectivity index (χ0n) is 19.8. The summed E-state index contributed by atoms with van der Waals surface area (Å²) in [6.07, 6.45) is 2.24. The third-order valence-electron chi connectivity index (χ3n) is 7.60. The molecule has 160 valence electrons. The van der Waals surface area contributed by atoms with Gasteiger partial charge in [0.2, 0.25) is 5.52 Å². The first-order valence-electron chi connectivity index (χ1n) is 11.8. The normalized spacial score (nSPS) is 13.0. The van der Waals surface area contributed by atoms with Gasteiger partial charge in [-0.2, -0.15) is 0 Å². The van der Waals surface area contributed by atoms with E-state index in [-0.39, 0.29) is 5.41 Å². The molecular weight excluding hydrogens is 400 g/mol. The van der Waals surface area contributed by atoms with Gasteiger partial charge in [-0.3, -0.25) is 0 Å². The van der Waals surface area contributed by atoms with E-state index in [9.17, 15) is 0 Å². The average molecular weight is 428 g/mol. The summed E-state index contributed by atoms with van der Waals surface area (Å²) in [5, 5.41) is 9.33.